The predicted octanol–water partition coefficient (Wildman–Crippen LogP) is 1.92. The van der Waals surface area contributed by atoms with Crippen LogP contribution in [0.15, 0.2) is 42.6 Å². The number of ether oxygens (including phenoxy) is 1. The second-order valence-electron chi connectivity index (χ2n) is 3.64. The highest BCUT2D eigenvalue weighted by Crippen LogP contribution is 2.20. The number of anilines is 2. The molecule has 5 nitrogen and oxygen atoms in total. The number of methoxy groups -OCH3 is 1. The van der Waals surface area contributed by atoms with Crippen LogP contribution in [0, 0.1) is 0 Å². The van der Waals surface area contributed by atoms with Crippen LogP contribution in [0.2, 0.25) is 0 Å². The number of hydrogen-bond acceptors (Lipinski definition) is 4. The average Bonchev–Trinajstić information content (AvgIpc) is 2.39. The summed E-state index contributed by atoms with van der Waals surface area (Å²) < 4.78 is 5.06. The Bertz CT molecular complexity index is 570. The van der Waals surface area contributed by atoms with Gasteiger partial charge in [0.1, 0.15) is 5.69 Å². The summed E-state index contributed by atoms with van der Waals surface area (Å²) in [6.45, 7) is 0. The fourth-order valence-corrected chi connectivity index (χ4v) is 1.52. The largest absolute Gasteiger partial charge is 0.480 e. The van der Waals surface area contributed by atoms with E-state index in [2.05, 4.69) is 10.3 Å². The summed E-state index contributed by atoms with van der Waals surface area (Å²) in [5.74, 6) is 0.114. The van der Waals surface area contributed by atoms with Crippen LogP contribution in [0.25, 0.3) is 0 Å². The maximum absolute atomic E-state index is 12.0. The third-order valence-corrected chi connectivity index (χ3v) is 2.36. The molecule has 2 aromatic rings. The average molecular weight is 243 g/mol. The molecule has 1 aromatic carbocycles. The molecule has 2 rings (SSSR count). The van der Waals surface area contributed by atoms with Gasteiger partial charge in [-0.25, -0.2) is 4.98 Å². The van der Waals surface area contributed by atoms with E-state index in [1.54, 1.807) is 42.6 Å². The van der Waals surface area contributed by atoms with Crippen LogP contribution in [-0.2, 0) is 0 Å². The molecule has 0 spiro atoms. The molecule has 0 unspecified atom stereocenters. The zero-order valence-corrected chi connectivity index (χ0v) is 9.88. The highest BCUT2D eigenvalue weighted by atomic mass is 16.5. The number of nitrogens with two attached hydrogens (primary N) is 1. The smallest absolute Gasteiger partial charge is 0.255 e. The van der Waals surface area contributed by atoms with Crippen molar-refractivity contribution >= 4 is 17.3 Å². The van der Waals surface area contributed by atoms with Gasteiger partial charge < -0.3 is 15.8 Å². The van der Waals surface area contributed by atoms with Gasteiger partial charge in [-0.3, -0.25) is 4.79 Å². The normalized spacial score (nSPS) is 9.83. The number of hydrogen-bond donors (Lipinski definition) is 2. The highest BCUT2D eigenvalue weighted by Gasteiger charge is 2.09. The summed E-state index contributed by atoms with van der Waals surface area (Å²) in [5, 5.41) is 2.72. The predicted molar refractivity (Wildman–Crippen MR) is 69.6 cm³/mol. The van der Waals surface area contributed by atoms with Crippen LogP contribution >= 0.6 is 0 Å². The topological polar surface area (TPSA) is 77.2 Å². The molecule has 0 aliphatic heterocycles. The quantitative estimate of drug-likeness (QED) is 0.807. The SMILES string of the molecule is COc1ncccc1NC(=O)c1cccc(N)c1. The lowest BCUT2D eigenvalue weighted by atomic mass is 10.2. The van der Waals surface area contributed by atoms with Gasteiger partial charge >= 0.3 is 0 Å². The molecule has 18 heavy (non-hydrogen) atoms. The Balaban J connectivity index is 2.21. The summed E-state index contributed by atoms with van der Waals surface area (Å²) in [6.07, 6.45) is 1.59. The number of pyridine rings is 1. The second-order valence-corrected chi connectivity index (χ2v) is 3.64. The van der Waals surface area contributed by atoms with Gasteiger partial charge in [-0.2, -0.15) is 0 Å². The number of rotatable bonds is 3. The summed E-state index contributed by atoms with van der Waals surface area (Å²) in [5.41, 5.74) is 7.18. The third kappa shape index (κ3) is 2.57. The minimum absolute atomic E-state index is 0.256. The van der Waals surface area contributed by atoms with E-state index in [0.29, 0.717) is 22.8 Å². The van der Waals surface area contributed by atoms with Crippen LogP contribution in [0.4, 0.5) is 11.4 Å². The molecule has 0 radical (unpaired) electrons. The summed E-state index contributed by atoms with van der Waals surface area (Å²) in [4.78, 5) is 16.0. The maximum atomic E-state index is 12.0. The van der Waals surface area contributed by atoms with Crippen molar-refractivity contribution in [3.8, 4) is 5.88 Å². The molecule has 0 saturated heterocycles. The maximum Gasteiger partial charge on any atom is 0.255 e. The standard InChI is InChI=1S/C13H13N3O2/c1-18-13-11(6-3-7-15-13)16-12(17)9-4-2-5-10(14)8-9/h2-8H,14H2,1H3,(H,16,17). The molecule has 0 aliphatic rings. The van der Waals surface area contributed by atoms with Crippen molar-refractivity contribution in [2.24, 2.45) is 0 Å². The number of nitrogens with one attached hydrogen (secondary N) is 1. The Morgan fingerprint density at radius 3 is 2.89 bits per heavy atom. The van der Waals surface area contributed by atoms with Gasteiger partial charge in [-0.1, -0.05) is 6.07 Å². The van der Waals surface area contributed by atoms with E-state index in [-0.39, 0.29) is 5.91 Å². The molecule has 1 heterocycles. The summed E-state index contributed by atoms with van der Waals surface area (Å²) >= 11 is 0. The fourth-order valence-electron chi connectivity index (χ4n) is 1.52. The van der Waals surface area contributed by atoms with Gasteiger partial charge in [0.15, 0.2) is 0 Å². The lowest BCUT2D eigenvalue weighted by Crippen LogP contribution is -2.13. The van der Waals surface area contributed by atoms with E-state index in [1.165, 1.54) is 7.11 Å². The Kier molecular flexibility index (Phi) is 3.43. The van der Waals surface area contributed by atoms with E-state index in [9.17, 15) is 4.79 Å². The Morgan fingerprint density at radius 2 is 2.17 bits per heavy atom. The Morgan fingerprint density at radius 1 is 1.33 bits per heavy atom. The van der Waals surface area contributed by atoms with Crippen LogP contribution in [0.1, 0.15) is 10.4 Å². The first-order valence-electron chi connectivity index (χ1n) is 5.36. The summed E-state index contributed by atoms with van der Waals surface area (Å²) in [7, 11) is 1.50. The summed E-state index contributed by atoms with van der Waals surface area (Å²) in [6, 6.07) is 10.2. The minimum Gasteiger partial charge on any atom is -0.480 e. The van der Waals surface area contributed by atoms with Crippen molar-refractivity contribution < 1.29 is 9.53 Å². The Labute approximate surface area is 105 Å². The molecule has 5 heteroatoms. The van der Waals surface area contributed by atoms with E-state index >= 15 is 0 Å². The molecular weight excluding hydrogens is 230 g/mol. The molecule has 92 valence electrons. The van der Waals surface area contributed by atoms with Crippen molar-refractivity contribution in [2.45, 2.75) is 0 Å². The number of amides is 1. The molecular formula is C13H13N3O2. The van der Waals surface area contributed by atoms with Crippen LogP contribution in [0.3, 0.4) is 0 Å². The van der Waals surface area contributed by atoms with Crippen molar-refractivity contribution in [2.75, 3.05) is 18.2 Å². The fraction of sp³-hybridized carbons (Fsp3) is 0.0769. The molecule has 1 amide bonds. The number of nitrogen functional groups attached to an aromatic ring is 1. The van der Waals surface area contributed by atoms with Crippen molar-refractivity contribution in [3.05, 3.63) is 48.2 Å². The molecule has 0 saturated carbocycles. The van der Waals surface area contributed by atoms with Crippen molar-refractivity contribution in [1.82, 2.24) is 4.98 Å². The van der Waals surface area contributed by atoms with Crippen LogP contribution < -0.4 is 15.8 Å². The molecule has 0 aliphatic carbocycles. The molecule has 0 atom stereocenters. The van der Waals surface area contributed by atoms with Crippen LogP contribution in [0.5, 0.6) is 5.88 Å². The second kappa shape index (κ2) is 5.18. The third-order valence-electron chi connectivity index (χ3n) is 2.36. The number of nitrogens with zero attached hydrogens (tertiary/aromatic N) is 1. The molecule has 0 bridgehead atoms. The zero-order chi connectivity index (χ0) is 13.0. The lowest BCUT2D eigenvalue weighted by molar-refractivity contribution is 0.102. The number of aromatic nitrogens is 1. The van der Waals surface area contributed by atoms with Gasteiger partial charge in [0.05, 0.1) is 7.11 Å². The first kappa shape index (κ1) is 11.9. The number of carbonyl (C=O) groups excluding carboxylic acids is 1. The van der Waals surface area contributed by atoms with Crippen molar-refractivity contribution in [3.63, 3.8) is 0 Å². The lowest BCUT2D eigenvalue weighted by Gasteiger charge is -2.08. The van der Waals surface area contributed by atoms with Gasteiger partial charge in [-0.15, -0.1) is 0 Å². The first-order chi connectivity index (χ1) is 8.70. The monoisotopic (exact) mass is 243 g/mol. The van der Waals surface area contributed by atoms with E-state index in [4.69, 9.17) is 10.5 Å². The minimum atomic E-state index is -0.256. The van der Waals surface area contributed by atoms with Gasteiger partial charge in [0, 0.05) is 17.4 Å². The van der Waals surface area contributed by atoms with Gasteiger partial charge in [-0.05, 0) is 30.3 Å². The molecule has 3 N–H and O–H groups in total. The van der Waals surface area contributed by atoms with E-state index < -0.39 is 0 Å². The van der Waals surface area contributed by atoms with Gasteiger partial charge in [0.2, 0.25) is 5.88 Å². The Hall–Kier alpha value is -2.56. The van der Waals surface area contributed by atoms with Gasteiger partial charge in [0.25, 0.3) is 5.91 Å². The zero-order valence-electron chi connectivity index (χ0n) is 9.88. The van der Waals surface area contributed by atoms with Crippen LogP contribution in [-0.4, -0.2) is 18.0 Å². The highest BCUT2D eigenvalue weighted by molar-refractivity contribution is 6.05. The number of carbonyl (C=O) groups is 1. The van der Waals surface area contributed by atoms with E-state index in [1.807, 2.05) is 0 Å². The first-order valence-corrected chi connectivity index (χ1v) is 5.36. The molecule has 0 fully saturated rings. The molecule has 1 aromatic heterocycles. The van der Waals surface area contributed by atoms with E-state index in [0.717, 1.165) is 0 Å². The number of benzene rings is 1. The van der Waals surface area contributed by atoms with Crippen molar-refractivity contribution in [1.29, 1.82) is 0 Å².